The number of carbonyl (C=O) groups is 1. The first-order valence-electron chi connectivity index (χ1n) is 8.91. The van der Waals surface area contributed by atoms with Crippen molar-refractivity contribution in [3.63, 3.8) is 0 Å². The Hall–Kier alpha value is -4.76. The summed E-state index contributed by atoms with van der Waals surface area (Å²) >= 11 is 0. The van der Waals surface area contributed by atoms with Gasteiger partial charge in [0.2, 0.25) is 5.95 Å². The molecule has 4 rings (SSSR count). The van der Waals surface area contributed by atoms with Crippen molar-refractivity contribution in [1.82, 2.24) is 24.7 Å². The molecule has 9 nitrogen and oxygen atoms in total. The molecule has 0 saturated carbocycles. The van der Waals surface area contributed by atoms with E-state index in [4.69, 9.17) is 10.5 Å². The molecule has 9 heteroatoms. The molecule has 0 bridgehead atoms. The lowest BCUT2D eigenvalue weighted by molar-refractivity contribution is 0.102. The number of pyridine rings is 1. The maximum atomic E-state index is 13.0. The number of nitrogens with zero attached hydrogens (tertiary/aromatic N) is 6. The molecule has 30 heavy (non-hydrogen) atoms. The van der Waals surface area contributed by atoms with Crippen LogP contribution in [0.25, 0.3) is 11.3 Å². The van der Waals surface area contributed by atoms with Crippen molar-refractivity contribution in [3.8, 4) is 23.4 Å². The average molecular weight is 394 g/mol. The molecular formula is C21H14N8O. The summed E-state index contributed by atoms with van der Waals surface area (Å²) in [6, 6.07) is 17.0. The van der Waals surface area contributed by atoms with E-state index in [1.54, 1.807) is 29.3 Å². The van der Waals surface area contributed by atoms with Crippen molar-refractivity contribution < 1.29 is 4.79 Å². The summed E-state index contributed by atoms with van der Waals surface area (Å²) in [5.74, 6) is -0.461. The SMILES string of the molecule is N#Cc1nc(NC(=O)c2cn(Cc3ccccc3)nc2-c2cccnc2)[nH]c1C#N. The van der Waals surface area contributed by atoms with E-state index in [-0.39, 0.29) is 17.3 Å². The normalized spacial score (nSPS) is 10.2. The van der Waals surface area contributed by atoms with E-state index < -0.39 is 5.91 Å². The van der Waals surface area contributed by atoms with Crippen molar-refractivity contribution in [3.05, 3.63) is 83.6 Å². The summed E-state index contributed by atoms with van der Waals surface area (Å²) in [7, 11) is 0. The smallest absolute Gasteiger partial charge is 0.261 e. The van der Waals surface area contributed by atoms with Gasteiger partial charge in [0.05, 0.1) is 12.1 Å². The molecule has 3 aromatic heterocycles. The molecule has 0 unspecified atom stereocenters. The number of carbonyl (C=O) groups excluding carboxylic acids is 1. The van der Waals surface area contributed by atoms with Gasteiger partial charge < -0.3 is 4.98 Å². The fraction of sp³-hybridized carbons (Fsp3) is 0.0476. The Morgan fingerprint density at radius 3 is 2.63 bits per heavy atom. The van der Waals surface area contributed by atoms with E-state index in [1.165, 1.54) is 0 Å². The topological polar surface area (TPSA) is 136 Å². The van der Waals surface area contributed by atoms with Crippen LogP contribution in [-0.4, -0.2) is 30.6 Å². The zero-order chi connectivity index (χ0) is 20.9. The number of nitrogens with one attached hydrogen (secondary N) is 2. The molecule has 0 aliphatic carbocycles. The minimum atomic E-state index is -0.476. The van der Waals surface area contributed by atoms with E-state index in [1.807, 2.05) is 48.5 Å². The molecule has 0 atom stereocenters. The van der Waals surface area contributed by atoms with Crippen molar-refractivity contribution in [2.45, 2.75) is 6.54 Å². The Kier molecular flexibility index (Phi) is 5.01. The van der Waals surface area contributed by atoms with Gasteiger partial charge in [-0.05, 0) is 17.7 Å². The number of nitriles is 2. The first-order chi connectivity index (χ1) is 14.7. The standard InChI is InChI=1S/C21H14N8O/c22-9-17-18(10-23)26-21(25-17)27-20(30)16-13-29(12-14-5-2-1-3-6-14)28-19(16)15-7-4-8-24-11-15/h1-8,11,13H,12H2,(H2,25,26,27,30). The molecule has 1 aromatic carbocycles. The van der Waals surface area contributed by atoms with Crippen LogP contribution in [0.1, 0.15) is 27.3 Å². The Morgan fingerprint density at radius 2 is 1.97 bits per heavy atom. The van der Waals surface area contributed by atoms with Crippen LogP contribution in [0.4, 0.5) is 5.95 Å². The van der Waals surface area contributed by atoms with E-state index >= 15 is 0 Å². The number of benzene rings is 1. The monoisotopic (exact) mass is 394 g/mol. The van der Waals surface area contributed by atoms with E-state index in [2.05, 4.69) is 25.4 Å². The number of H-pyrrole nitrogens is 1. The van der Waals surface area contributed by atoms with Gasteiger partial charge >= 0.3 is 0 Å². The number of anilines is 1. The second-order valence-electron chi connectivity index (χ2n) is 6.30. The maximum absolute atomic E-state index is 13.0. The van der Waals surface area contributed by atoms with Gasteiger partial charge in [-0.2, -0.15) is 15.6 Å². The molecule has 4 aromatic rings. The van der Waals surface area contributed by atoms with Crippen LogP contribution in [0.15, 0.2) is 61.1 Å². The predicted molar refractivity (Wildman–Crippen MR) is 107 cm³/mol. The Bertz CT molecular complexity index is 1240. The van der Waals surface area contributed by atoms with Crippen molar-refractivity contribution in [2.24, 2.45) is 0 Å². The number of imidazole rings is 1. The molecule has 0 radical (unpaired) electrons. The first kappa shape index (κ1) is 18.6. The summed E-state index contributed by atoms with van der Waals surface area (Å²) in [5, 5.41) is 25.2. The van der Waals surface area contributed by atoms with Gasteiger partial charge in [-0.15, -0.1) is 0 Å². The van der Waals surface area contributed by atoms with Crippen molar-refractivity contribution in [2.75, 3.05) is 5.32 Å². The van der Waals surface area contributed by atoms with Crippen LogP contribution >= 0.6 is 0 Å². The summed E-state index contributed by atoms with van der Waals surface area (Å²) in [6.45, 7) is 0.485. The molecule has 0 spiro atoms. The number of aromatic nitrogens is 5. The van der Waals surface area contributed by atoms with Gasteiger partial charge in [0.25, 0.3) is 5.91 Å². The van der Waals surface area contributed by atoms with E-state index in [9.17, 15) is 4.79 Å². The van der Waals surface area contributed by atoms with Crippen LogP contribution in [0, 0.1) is 22.7 Å². The van der Waals surface area contributed by atoms with Crippen LogP contribution < -0.4 is 5.32 Å². The third kappa shape index (κ3) is 3.77. The van der Waals surface area contributed by atoms with E-state index in [0.717, 1.165) is 5.56 Å². The molecule has 144 valence electrons. The second-order valence-corrected chi connectivity index (χ2v) is 6.30. The molecular weight excluding hydrogens is 380 g/mol. The Morgan fingerprint density at radius 1 is 1.13 bits per heavy atom. The lowest BCUT2D eigenvalue weighted by Gasteiger charge is -2.02. The number of hydrogen-bond donors (Lipinski definition) is 2. The number of amides is 1. The highest BCUT2D eigenvalue weighted by Gasteiger charge is 2.20. The third-order valence-electron chi connectivity index (χ3n) is 4.28. The minimum absolute atomic E-state index is 0.0138. The zero-order valence-electron chi connectivity index (χ0n) is 15.6. The minimum Gasteiger partial charge on any atom is -0.314 e. The van der Waals surface area contributed by atoms with Crippen molar-refractivity contribution in [1.29, 1.82) is 10.5 Å². The van der Waals surface area contributed by atoms with Gasteiger partial charge in [0, 0.05) is 24.2 Å². The lowest BCUT2D eigenvalue weighted by atomic mass is 10.1. The van der Waals surface area contributed by atoms with Crippen LogP contribution in [0.5, 0.6) is 0 Å². The highest BCUT2D eigenvalue weighted by molar-refractivity contribution is 6.07. The van der Waals surface area contributed by atoms with E-state index in [0.29, 0.717) is 23.4 Å². The Labute approximate surface area is 171 Å². The van der Waals surface area contributed by atoms with Crippen LogP contribution in [-0.2, 0) is 6.54 Å². The average Bonchev–Trinajstić information content (AvgIpc) is 3.38. The fourth-order valence-electron chi connectivity index (χ4n) is 2.92. The molecule has 3 heterocycles. The molecule has 0 fully saturated rings. The first-order valence-corrected chi connectivity index (χ1v) is 8.91. The molecule has 1 amide bonds. The molecule has 2 N–H and O–H groups in total. The van der Waals surface area contributed by atoms with Crippen molar-refractivity contribution >= 4 is 11.9 Å². The fourth-order valence-corrected chi connectivity index (χ4v) is 2.92. The molecule has 0 saturated heterocycles. The maximum Gasteiger partial charge on any atom is 0.261 e. The quantitative estimate of drug-likeness (QED) is 0.534. The number of aromatic amines is 1. The summed E-state index contributed by atoms with van der Waals surface area (Å²) in [5.41, 5.74) is 2.40. The summed E-state index contributed by atoms with van der Waals surface area (Å²) in [4.78, 5) is 23.6. The molecule has 0 aliphatic rings. The van der Waals surface area contributed by atoms with Gasteiger partial charge in [-0.3, -0.25) is 19.8 Å². The lowest BCUT2D eigenvalue weighted by Crippen LogP contribution is -2.13. The zero-order valence-corrected chi connectivity index (χ0v) is 15.6. The largest absolute Gasteiger partial charge is 0.314 e. The predicted octanol–water partition coefficient (Wildman–Crippen LogP) is 2.71. The number of rotatable bonds is 5. The van der Waals surface area contributed by atoms with Crippen LogP contribution in [0.2, 0.25) is 0 Å². The van der Waals surface area contributed by atoms with Crippen LogP contribution in [0.3, 0.4) is 0 Å². The van der Waals surface area contributed by atoms with Gasteiger partial charge in [-0.25, -0.2) is 4.98 Å². The Balaban J connectivity index is 1.68. The number of hydrogen-bond acceptors (Lipinski definition) is 6. The summed E-state index contributed by atoms with van der Waals surface area (Å²) < 4.78 is 1.68. The highest BCUT2D eigenvalue weighted by atomic mass is 16.1. The highest BCUT2D eigenvalue weighted by Crippen LogP contribution is 2.23. The molecule has 0 aliphatic heterocycles. The third-order valence-corrected chi connectivity index (χ3v) is 4.28. The van der Waals surface area contributed by atoms with Gasteiger partial charge in [-0.1, -0.05) is 30.3 Å². The van der Waals surface area contributed by atoms with Gasteiger partial charge in [0.1, 0.15) is 17.8 Å². The summed E-state index contributed by atoms with van der Waals surface area (Å²) in [6.07, 6.45) is 4.91. The van der Waals surface area contributed by atoms with Gasteiger partial charge in [0.15, 0.2) is 11.4 Å². The second kappa shape index (κ2) is 8.09.